The first-order valence-corrected chi connectivity index (χ1v) is 6.60. The molecule has 0 spiro atoms. The van der Waals surface area contributed by atoms with Crippen LogP contribution in [0.25, 0.3) is 0 Å². The third-order valence-corrected chi connectivity index (χ3v) is 3.86. The van der Waals surface area contributed by atoms with Gasteiger partial charge >= 0.3 is 0 Å². The van der Waals surface area contributed by atoms with Crippen LogP contribution in [0.3, 0.4) is 0 Å². The zero-order valence-corrected chi connectivity index (χ0v) is 10.8. The van der Waals surface area contributed by atoms with Crippen LogP contribution in [-0.4, -0.2) is 25.8 Å². The van der Waals surface area contributed by atoms with Crippen LogP contribution in [0.1, 0.15) is 18.4 Å². The Kier molecular flexibility index (Phi) is 3.06. The van der Waals surface area contributed by atoms with Gasteiger partial charge < -0.3 is 20.5 Å². The van der Waals surface area contributed by atoms with Crippen LogP contribution in [0, 0.1) is 5.41 Å². The van der Waals surface area contributed by atoms with Crippen molar-refractivity contribution in [2.45, 2.75) is 19.3 Å². The average Bonchev–Trinajstić information content (AvgIpc) is 3.10. The topological polar surface area (TPSA) is 73.6 Å². The number of rotatable bonds is 5. The minimum absolute atomic E-state index is 0.0933. The molecule has 1 saturated carbocycles. The van der Waals surface area contributed by atoms with E-state index in [9.17, 15) is 4.79 Å². The lowest BCUT2D eigenvalue weighted by Gasteiger charge is -2.12. The number of hydrogen-bond acceptors (Lipinski definition) is 4. The highest BCUT2D eigenvalue weighted by Gasteiger charge is 2.48. The first-order valence-electron chi connectivity index (χ1n) is 6.60. The summed E-state index contributed by atoms with van der Waals surface area (Å²) in [6.07, 6.45) is 2.61. The lowest BCUT2D eigenvalue weighted by Crippen LogP contribution is -2.37. The minimum Gasteiger partial charge on any atom is -0.454 e. The zero-order chi connectivity index (χ0) is 13.3. The van der Waals surface area contributed by atoms with Gasteiger partial charge in [-0.1, -0.05) is 6.07 Å². The summed E-state index contributed by atoms with van der Waals surface area (Å²) in [4.78, 5) is 11.9. The smallest absolute Gasteiger partial charge is 0.231 e. The molecule has 1 heterocycles. The van der Waals surface area contributed by atoms with E-state index in [0.29, 0.717) is 13.1 Å². The Labute approximate surface area is 112 Å². The third-order valence-electron chi connectivity index (χ3n) is 3.86. The molecule has 1 aromatic carbocycles. The Morgan fingerprint density at radius 1 is 1.32 bits per heavy atom. The van der Waals surface area contributed by atoms with Crippen LogP contribution in [0.4, 0.5) is 0 Å². The molecular weight excluding hydrogens is 244 g/mol. The molecule has 5 nitrogen and oxygen atoms in total. The van der Waals surface area contributed by atoms with E-state index in [-0.39, 0.29) is 18.1 Å². The maximum atomic E-state index is 11.9. The van der Waals surface area contributed by atoms with Gasteiger partial charge in [0.2, 0.25) is 12.7 Å². The van der Waals surface area contributed by atoms with Crippen molar-refractivity contribution in [3.8, 4) is 11.5 Å². The standard InChI is InChI=1S/C14H18N2O3/c15-8-14(4-5-14)13(17)16-6-3-10-1-2-11-12(7-10)19-9-18-11/h1-2,7H,3-6,8-9,15H2,(H,16,17). The van der Waals surface area contributed by atoms with Gasteiger partial charge in [-0.15, -0.1) is 0 Å². The molecule has 0 bridgehead atoms. The van der Waals surface area contributed by atoms with Crippen LogP contribution in [0.15, 0.2) is 18.2 Å². The SMILES string of the molecule is NCC1(C(=O)NCCc2ccc3c(c2)OCO3)CC1. The molecular formula is C14H18N2O3. The number of nitrogens with two attached hydrogens (primary N) is 1. The average molecular weight is 262 g/mol. The molecule has 2 aliphatic rings. The number of benzene rings is 1. The zero-order valence-electron chi connectivity index (χ0n) is 10.8. The van der Waals surface area contributed by atoms with E-state index in [2.05, 4.69) is 5.32 Å². The fourth-order valence-electron chi connectivity index (χ4n) is 2.28. The van der Waals surface area contributed by atoms with Gasteiger partial charge in [0.1, 0.15) is 0 Å². The van der Waals surface area contributed by atoms with Gasteiger partial charge in [-0.25, -0.2) is 0 Å². The van der Waals surface area contributed by atoms with Crippen LogP contribution in [0.2, 0.25) is 0 Å². The fraction of sp³-hybridized carbons (Fsp3) is 0.500. The molecule has 1 amide bonds. The fourth-order valence-corrected chi connectivity index (χ4v) is 2.28. The van der Waals surface area contributed by atoms with Gasteiger partial charge in [-0.05, 0) is 37.0 Å². The number of ether oxygens (including phenoxy) is 2. The van der Waals surface area contributed by atoms with E-state index < -0.39 is 0 Å². The van der Waals surface area contributed by atoms with E-state index in [1.54, 1.807) is 0 Å². The predicted molar refractivity (Wildman–Crippen MR) is 70.0 cm³/mol. The molecule has 3 N–H and O–H groups in total. The minimum atomic E-state index is -0.269. The summed E-state index contributed by atoms with van der Waals surface area (Å²) in [5.74, 6) is 1.66. The third kappa shape index (κ3) is 2.38. The summed E-state index contributed by atoms with van der Waals surface area (Å²) in [6, 6.07) is 5.86. The van der Waals surface area contributed by atoms with E-state index in [1.807, 2.05) is 18.2 Å². The maximum absolute atomic E-state index is 11.9. The summed E-state index contributed by atoms with van der Waals surface area (Å²) in [5, 5.41) is 2.96. The van der Waals surface area contributed by atoms with Gasteiger partial charge in [0.25, 0.3) is 0 Å². The Hall–Kier alpha value is -1.75. The van der Waals surface area contributed by atoms with Gasteiger partial charge in [-0.2, -0.15) is 0 Å². The van der Waals surface area contributed by atoms with E-state index in [4.69, 9.17) is 15.2 Å². The van der Waals surface area contributed by atoms with Crippen molar-refractivity contribution in [2.24, 2.45) is 11.1 Å². The second-order valence-corrected chi connectivity index (χ2v) is 5.18. The highest BCUT2D eigenvalue weighted by atomic mass is 16.7. The summed E-state index contributed by atoms with van der Waals surface area (Å²) < 4.78 is 10.6. The predicted octanol–water partition coefficient (Wildman–Crippen LogP) is 0.813. The Morgan fingerprint density at radius 2 is 2.11 bits per heavy atom. The summed E-state index contributed by atoms with van der Waals surface area (Å²) in [5.41, 5.74) is 6.48. The molecule has 0 radical (unpaired) electrons. The molecule has 0 aromatic heterocycles. The first-order chi connectivity index (χ1) is 9.23. The van der Waals surface area contributed by atoms with Crippen LogP contribution in [-0.2, 0) is 11.2 Å². The molecule has 1 aliphatic carbocycles. The van der Waals surface area contributed by atoms with Crippen molar-refractivity contribution in [3.63, 3.8) is 0 Å². The van der Waals surface area contributed by atoms with Gasteiger partial charge in [0.15, 0.2) is 11.5 Å². The first kappa shape index (κ1) is 12.3. The number of hydrogen-bond donors (Lipinski definition) is 2. The molecule has 1 aliphatic heterocycles. The van der Waals surface area contributed by atoms with Gasteiger partial charge in [0, 0.05) is 13.1 Å². The lowest BCUT2D eigenvalue weighted by atomic mass is 10.1. The second kappa shape index (κ2) is 4.74. The van der Waals surface area contributed by atoms with E-state index in [0.717, 1.165) is 36.3 Å². The van der Waals surface area contributed by atoms with Crippen LogP contribution in [0.5, 0.6) is 11.5 Å². The van der Waals surface area contributed by atoms with Crippen LogP contribution >= 0.6 is 0 Å². The molecule has 1 fully saturated rings. The Morgan fingerprint density at radius 3 is 2.84 bits per heavy atom. The van der Waals surface area contributed by atoms with Crippen molar-refractivity contribution in [1.82, 2.24) is 5.32 Å². The monoisotopic (exact) mass is 262 g/mol. The maximum Gasteiger partial charge on any atom is 0.231 e. The lowest BCUT2D eigenvalue weighted by molar-refractivity contribution is -0.125. The van der Waals surface area contributed by atoms with Crippen molar-refractivity contribution >= 4 is 5.91 Å². The summed E-state index contributed by atoms with van der Waals surface area (Å²) >= 11 is 0. The van der Waals surface area contributed by atoms with E-state index >= 15 is 0 Å². The van der Waals surface area contributed by atoms with E-state index in [1.165, 1.54) is 0 Å². The highest BCUT2D eigenvalue weighted by Crippen LogP contribution is 2.44. The summed E-state index contributed by atoms with van der Waals surface area (Å²) in [6.45, 7) is 1.36. The quantitative estimate of drug-likeness (QED) is 0.823. The number of fused-ring (bicyclic) bond motifs is 1. The normalized spacial score (nSPS) is 18.2. The molecule has 0 unspecified atom stereocenters. The number of nitrogens with one attached hydrogen (secondary N) is 1. The molecule has 102 valence electrons. The largest absolute Gasteiger partial charge is 0.454 e. The molecule has 3 rings (SSSR count). The highest BCUT2D eigenvalue weighted by molar-refractivity contribution is 5.85. The van der Waals surface area contributed by atoms with Crippen molar-refractivity contribution in [1.29, 1.82) is 0 Å². The molecule has 0 saturated heterocycles. The van der Waals surface area contributed by atoms with Gasteiger partial charge in [0.05, 0.1) is 5.41 Å². The second-order valence-electron chi connectivity index (χ2n) is 5.18. The Balaban J connectivity index is 1.51. The Bertz CT molecular complexity index is 497. The van der Waals surface area contributed by atoms with Crippen molar-refractivity contribution in [3.05, 3.63) is 23.8 Å². The molecule has 19 heavy (non-hydrogen) atoms. The number of carbonyl (C=O) groups is 1. The van der Waals surface area contributed by atoms with Crippen molar-refractivity contribution < 1.29 is 14.3 Å². The van der Waals surface area contributed by atoms with Gasteiger partial charge in [-0.3, -0.25) is 4.79 Å². The van der Waals surface area contributed by atoms with Crippen LogP contribution < -0.4 is 20.5 Å². The van der Waals surface area contributed by atoms with Crippen molar-refractivity contribution in [2.75, 3.05) is 19.9 Å². The molecule has 5 heteroatoms. The number of amides is 1. The number of carbonyl (C=O) groups excluding carboxylic acids is 1. The molecule has 0 atom stereocenters. The molecule has 1 aromatic rings. The summed E-state index contributed by atoms with van der Waals surface area (Å²) in [7, 11) is 0.